The van der Waals surface area contributed by atoms with Crippen molar-refractivity contribution in [3.63, 3.8) is 0 Å². The highest BCUT2D eigenvalue weighted by atomic mass is 15.3. The lowest BCUT2D eigenvalue weighted by Crippen LogP contribution is -2.32. The lowest BCUT2D eigenvalue weighted by molar-refractivity contribution is -0.664. The smallest absolute Gasteiger partial charge is 0.321 e. The number of imidazole rings is 1. The minimum atomic E-state index is -2.37. The number of rotatable bonds is 1. The summed E-state index contributed by atoms with van der Waals surface area (Å²) in [6.07, 6.45) is 3.20. The molecule has 3 aromatic heterocycles. The van der Waals surface area contributed by atoms with E-state index in [9.17, 15) is 0 Å². The van der Waals surface area contributed by atoms with E-state index in [4.69, 9.17) is 8.22 Å². The van der Waals surface area contributed by atoms with Gasteiger partial charge in [0.2, 0.25) is 0 Å². The van der Waals surface area contributed by atoms with Crippen molar-refractivity contribution >= 4 is 21.9 Å². The van der Waals surface area contributed by atoms with Crippen molar-refractivity contribution in [1.82, 2.24) is 13.7 Å². The Hall–Kier alpha value is -2.49. The van der Waals surface area contributed by atoms with Crippen LogP contribution in [0, 0.1) is 13.8 Å². The Labute approximate surface area is 138 Å². The summed E-state index contributed by atoms with van der Waals surface area (Å²) in [6.45, 7) is -2.88. The lowest BCUT2D eigenvalue weighted by Gasteiger charge is -2.05. The van der Waals surface area contributed by atoms with E-state index in [2.05, 4.69) is 0 Å². The third-order valence-electron chi connectivity index (χ3n) is 4.45. The van der Waals surface area contributed by atoms with Crippen molar-refractivity contribution in [1.29, 1.82) is 0 Å². The van der Waals surface area contributed by atoms with Crippen molar-refractivity contribution in [3.05, 3.63) is 47.9 Å². The first-order chi connectivity index (χ1) is 12.9. The molecule has 112 valence electrons. The number of para-hydroxylation sites is 1. The van der Waals surface area contributed by atoms with Gasteiger partial charge in [-0.3, -0.25) is 0 Å². The van der Waals surface area contributed by atoms with E-state index >= 15 is 0 Å². The number of fused-ring (bicyclic) bond motifs is 3. The zero-order chi connectivity index (χ0) is 20.6. The van der Waals surface area contributed by atoms with Gasteiger partial charge in [0.15, 0.2) is 5.65 Å². The Morgan fingerprint density at radius 2 is 2.05 bits per heavy atom. The van der Waals surface area contributed by atoms with Crippen LogP contribution in [0.4, 0.5) is 0 Å². The van der Waals surface area contributed by atoms with Gasteiger partial charge in [-0.25, -0.2) is 9.13 Å². The molecule has 4 rings (SSSR count). The molecular formula is C18H21N4+. The molecule has 0 aliphatic rings. The highest BCUT2D eigenvalue weighted by Crippen LogP contribution is 2.35. The van der Waals surface area contributed by atoms with E-state index < -0.39 is 13.8 Å². The van der Waals surface area contributed by atoms with Gasteiger partial charge < -0.3 is 4.57 Å². The molecule has 4 aromatic rings. The second kappa shape index (κ2) is 4.26. The van der Waals surface area contributed by atoms with E-state index in [1.165, 1.54) is 10.8 Å². The molecular weight excluding hydrogens is 272 g/mol. The fraction of sp³-hybridized carbons (Fsp3) is 0.278. The number of hydrogen-bond acceptors (Lipinski definition) is 0. The SMILES string of the molecule is [2H]C([2H])([2H])c1c(C)n(C)c2c1c1ccccc1n2-c1n(C([2H])([2H])[2H])cc[n+]1C. The van der Waals surface area contributed by atoms with Crippen molar-refractivity contribution in [2.75, 3.05) is 0 Å². The molecule has 0 unspecified atom stereocenters. The molecule has 0 aliphatic carbocycles. The van der Waals surface area contributed by atoms with Crippen LogP contribution < -0.4 is 4.57 Å². The Morgan fingerprint density at radius 3 is 2.82 bits per heavy atom. The zero-order valence-corrected chi connectivity index (χ0v) is 12.8. The van der Waals surface area contributed by atoms with Gasteiger partial charge in [-0.2, -0.15) is 4.57 Å². The number of hydrogen-bond donors (Lipinski definition) is 0. The minimum absolute atomic E-state index is 0.301. The summed E-state index contributed by atoms with van der Waals surface area (Å²) in [5, 5.41) is 1.42. The number of aromatic nitrogens is 4. The first-order valence-corrected chi connectivity index (χ1v) is 7.11. The van der Waals surface area contributed by atoms with Gasteiger partial charge in [-0.1, -0.05) is 18.2 Å². The van der Waals surface area contributed by atoms with Gasteiger partial charge in [0, 0.05) is 27.6 Å². The van der Waals surface area contributed by atoms with Gasteiger partial charge in [0.1, 0.15) is 5.52 Å². The van der Waals surface area contributed by atoms with Crippen LogP contribution in [0.25, 0.3) is 27.9 Å². The Balaban J connectivity index is 2.28. The largest absolute Gasteiger partial charge is 0.370 e. The molecule has 3 heterocycles. The Morgan fingerprint density at radius 1 is 1.23 bits per heavy atom. The summed E-state index contributed by atoms with van der Waals surface area (Å²) in [7, 11) is 3.59. The summed E-state index contributed by atoms with van der Waals surface area (Å²) in [6, 6.07) is 7.49. The van der Waals surface area contributed by atoms with Gasteiger partial charge >= 0.3 is 5.95 Å². The first-order valence-electron chi connectivity index (χ1n) is 10.1. The maximum atomic E-state index is 8.06. The quantitative estimate of drug-likeness (QED) is 0.481. The van der Waals surface area contributed by atoms with E-state index in [-0.39, 0.29) is 0 Å². The fourth-order valence-electron chi connectivity index (χ4n) is 3.24. The van der Waals surface area contributed by atoms with Crippen molar-refractivity contribution in [3.8, 4) is 5.95 Å². The second-order valence-electron chi connectivity index (χ2n) is 5.65. The molecule has 0 spiro atoms. The van der Waals surface area contributed by atoms with Crippen LogP contribution in [0.3, 0.4) is 0 Å². The van der Waals surface area contributed by atoms with Crippen LogP contribution in [0.1, 0.15) is 19.5 Å². The van der Waals surface area contributed by atoms with Crippen LogP contribution in [0.2, 0.25) is 0 Å². The Bertz CT molecular complexity index is 1220. The Kier molecular flexibility index (Phi) is 1.59. The molecule has 0 bridgehead atoms. The minimum Gasteiger partial charge on any atom is -0.321 e. The van der Waals surface area contributed by atoms with Crippen molar-refractivity contribution in [2.24, 2.45) is 21.1 Å². The summed E-state index contributed by atoms with van der Waals surface area (Å²) in [5.41, 5.74) is 2.35. The topological polar surface area (TPSA) is 18.7 Å². The molecule has 0 N–H and O–H groups in total. The highest BCUT2D eigenvalue weighted by Gasteiger charge is 2.26. The molecule has 0 radical (unpaired) electrons. The molecule has 0 amide bonds. The van der Waals surface area contributed by atoms with Crippen molar-refractivity contribution in [2.45, 2.75) is 13.8 Å². The first kappa shape index (κ1) is 8.22. The summed E-state index contributed by atoms with van der Waals surface area (Å²) < 4.78 is 54.6. The lowest BCUT2D eigenvalue weighted by atomic mass is 10.1. The third-order valence-corrected chi connectivity index (χ3v) is 4.45. The van der Waals surface area contributed by atoms with E-state index in [1.807, 2.05) is 40.4 Å². The normalized spacial score (nSPS) is 17.0. The monoisotopic (exact) mass is 299 g/mol. The third kappa shape index (κ3) is 1.44. The second-order valence-corrected chi connectivity index (χ2v) is 5.65. The maximum Gasteiger partial charge on any atom is 0.370 e. The van der Waals surface area contributed by atoms with Gasteiger partial charge in [-0.15, -0.1) is 0 Å². The average molecular weight is 299 g/mol. The maximum absolute atomic E-state index is 8.06. The van der Waals surface area contributed by atoms with Crippen LogP contribution in [-0.4, -0.2) is 13.7 Å². The molecule has 0 atom stereocenters. The molecule has 0 fully saturated rings. The molecule has 1 aromatic carbocycles. The average Bonchev–Trinajstić information content (AvgIpc) is 3.18. The zero-order valence-electron chi connectivity index (χ0n) is 18.8. The van der Waals surface area contributed by atoms with E-state index in [1.54, 1.807) is 24.7 Å². The summed E-state index contributed by atoms with van der Waals surface area (Å²) in [4.78, 5) is 0. The molecule has 22 heavy (non-hydrogen) atoms. The van der Waals surface area contributed by atoms with Crippen LogP contribution in [0.15, 0.2) is 36.7 Å². The number of benzene rings is 1. The van der Waals surface area contributed by atoms with Crippen LogP contribution in [0.5, 0.6) is 0 Å². The molecule has 0 aliphatic heterocycles. The highest BCUT2D eigenvalue weighted by molar-refractivity contribution is 6.10. The van der Waals surface area contributed by atoms with E-state index in [0.717, 1.165) is 10.9 Å². The van der Waals surface area contributed by atoms with E-state index in [0.29, 0.717) is 28.2 Å². The molecule has 4 heteroatoms. The summed E-state index contributed by atoms with van der Waals surface area (Å²) in [5.74, 6) is 0.434. The van der Waals surface area contributed by atoms with Crippen molar-refractivity contribution < 1.29 is 12.8 Å². The molecule has 0 saturated heterocycles. The molecule has 0 saturated carbocycles. The predicted octanol–water partition coefficient (Wildman–Crippen LogP) is 2.90. The molecule has 4 nitrogen and oxygen atoms in total. The van der Waals surface area contributed by atoms with Gasteiger partial charge in [0.05, 0.1) is 30.5 Å². The van der Waals surface area contributed by atoms with Gasteiger partial charge in [-0.05, 0) is 25.4 Å². The van der Waals surface area contributed by atoms with Crippen LogP contribution in [-0.2, 0) is 21.1 Å². The predicted molar refractivity (Wildman–Crippen MR) is 89.4 cm³/mol. The number of nitrogens with zero attached hydrogens (tertiary/aromatic N) is 4. The standard InChI is InChI=1S/C18H21N4/c1-12-13(2)21(5)17-16(12)14-8-6-7-9-15(14)22(17)18-19(3)10-11-20(18)4/h6-11H,1-5H3/q+1/i1D3,3D3. The van der Waals surface area contributed by atoms with Crippen LogP contribution >= 0.6 is 0 Å². The summed E-state index contributed by atoms with van der Waals surface area (Å²) >= 11 is 0. The fourth-order valence-corrected chi connectivity index (χ4v) is 3.24. The van der Waals surface area contributed by atoms with Gasteiger partial charge in [0.25, 0.3) is 0 Å². The number of aryl methyl sites for hydroxylation is 4.